The van der Waals surface area contributed by atoms with E-state index >= 15 is 0 Å². The zero-order chi connectivity index (χ0) is 9.97. The summed E-state index contributed by atoms with van der Waals surface area (Å²) in [4.78, 5) is 5.57. The Hall–Kier alpha value is -1.29. The molecule has 0 aliphatic rings. The molecule has 1 atom stereocenters. The van der Waals surface area contributed by atoms with E-state index in [0.717, 1.165) is 5.95 Å². The molecule has 0 fully saturated rings. The largest absolute Gasteiger partial charge is 0.359 e. The number of imidazole rings is 1. The van der Waals surface area contributed by atoms with Crippen LogP contribution in [0.15, 0.2) is 29.9 Å². The molecule has 1 N–H and O–H groups in total. The van der Waals surface area contributed by atoms with Crippen LogP contribution in [0.3, 0.4) is 0 Å². The van der Waals surface area contributed by atoms with Gasteiger partial charge in [0.2, 0.25) is 5.95 Å². The van der Waals surface area contributed by atoms with Crippen molar-refractivity contribution < 1.29 is 0 Å². The third kappa shape index (κ3) is 1.53. The van der Waals surface area contributed by atoms with E-state index in [1.165, 1.54) is 4.88 Å². The Bertz CT molecular complexity index is 391. The molecule has 0 aromatic carbocycles. The predicted octanol–water partition coefficient (Wildman–Crippen LogP) is 2.60. The molecule has 0 aliphatic carbocycles. The van der Waals surface area contributed by atoms with Gasteiger partial charge in [-0.05, 0) is 18.4 Å². The molecular weight excluding hydrogens is 194 g/mol. The summed E-state index contributed by atoms with van der Waals surface area (Å²) >= 11 is 1.77. The van der Waals surface area contributed by atoms with Gasteiger partial charge in [-0.15, -0.1) is 11.3 Å². The second-order valence-electron chi connectivity index (χ2n) is 3.10. The van der Waals surface area contributed by atoms with Crippen LogP contribution in [0.4, 0.5) is 5.95 Å². The minimum Gasteiger partial charge on any atom is -0.359 e. The van der Waals surface area contributed by atoms with Gasteiger partial charge in [0.05, 0.1) is 6.04 Å². The molecule has 1 unspecified atom stereocenters. The molecule has 0 radical (unpaired) electrons. The SMILES string of the molecule is CNc1nccn1C(C)c1cccs1. The lowest BCUT2D eigenvalue weighted by atomic mass is 10.3. The van der Waals surface area contributed by atoms with Gasteiger partial charge < -0.3 is 9.88 Å². The molecule has 14 heavy (non-hydrogen) atoms. The van der Waals surface area contributed by atoms with Crippen LogP contribution in [-0.2, 0) is 0 Å². The maximum atomic E-state index is 4.22. The molecular formula is C10H13N3S. The van der Waals surface area contributed by atoms with E-state index in [1.54, 1.807) is 11.3 Å². The van der Waals surface area contributed by atoms with E-state index in [-0.39, 0.29) is 0 Å². The molecule has 2 rings (SSSR count). The Kier molecular flexibility index (Phi) is 2.54. The van der Waals surface area contributed by atoms with Gasteiger partial charge >= 0.3 is 0 Å². The first-order valence-corrected chi connectivity index (χ1v) is 5.45. The summed E-state index contributed by atoms with van der Waals surface area (Å²) in [5.41, 5.74) is 0. The number of nitrogens with one attached hydrogen (secondary N) is 1. The third-order valence-corrected chi connectivity index (χ3v) is 3.31. The summed E-state index contributed by atoms with van der Waals surface area (Å²) in [5, 5.41) is 5.17. The molecule has 2 heterocycles. The van der Waals surface area contributed by atoms with Crippen molar-refractivity contribution in [1.82, 2.24) is 9.55 Å². The van der Waals surface area contributed by atoms with E-state index in [1.807, 2.05) is 19.4 Å². The van der Waals surface area contributed by atoms with E-state index in [9.17, 15) is 0 Å². The maximum absolute atomic E-state index is 4.22. The summed E-state index contributed by atoms with van der Waals surface area (Å²) in [5.74, 6) is 0.908. The van der Waals surface area contributed by atoms with Crippen molar-refractivity contribution >= 4 is 17.3 Å². The fraction of sp³-hybridized carbons (Fsp3) is 0.300. The fourth-order valence-electron chi connectivity index (χ4n) is 1.49. The molecule has 2 aromatic rings. The van der Waals surface area contributed by atoms with E-state index in [0.29, 0.717) is 6.04 Å². The first-order valence-electron chi connectivity index (χ1n) is 4.57. The Morgan fingerprint density at radius 1 is 1.57 bits per heavy atom. The lowest BCUT2D eigenvalue weighted by molar-refractivity contribution is 0.657. The number of anilines is 1. The molecule has 0 saturated heterocycles. The zero-order valence-electron chi connectivity index (χ0n) is 8.27. The number of hydrogen-bond acceptors (Lipinski definition) is 3. The molecule has 0 bridgehead atoms. The van der Waals surface area contributed by atoms with E-state index in [2.05, 4.69) is 39.3 Å². The standard InChI is InChI=1S/C10H13N3S/c1-8(9-4-3-7-14-9)13-6-5-12-10(13)11-2/h3-8H,1-2H3,(H,11,12). The van der Waals surface area contributed by atoms with Gasteiger partial charge in [-0.1, -0.05) is 6.07 Å². The number of nitrogens with zero attached hydrogens (tertiary/aromatic N) is 2. The Morgan fingerprint density at radius 2 is 2.43 bits per heavy atom. The monoisotopic (exact) mass is 207 g/mol. The molecule has 3 nitrogen and oxygen atoms in total. The molecule has 4 heteroatoms. The highest BCUT2D eigenvalue weighted by Gasteiger charge is 2.11. The second kappa shape index (κ2) is 3.84. The lowest BCUT2D eigenvalue weighted by Crippen LogP contribution is -2.08. The summed E-state index contributed by atoms with van der Waals surface area (Å²) in [6, 6.07) is 4.57. The average molecular weight is 207 g/mol. The van der Waals surface area contributed by atoms with Crippen LogP contribution in [0.25, 0.3) is 0 Å². The Labute approximate surface area is 87.4 Å². The molecule has 2 aromatic heterocycles. The van der Waals surface area contributed by atoms with Crippen LogP contribution < -0.4 is 5.32 Å². The lowest BCUT2D eigenvalue weighted by Gasteiger charge is -2.14. The molecule has 74 valence electrons. The van der Waals surface area contributed by atoms with Crippen LogP contribution in [0.1, 0.15) is 17.8 Å². The number of rotatable bonds is 3. The number of aromatic nitrogens is 2. The molecule has 0 saturated carbocycles. The Balaban J connectivity index is 2.31. The van der Waals surface area contributed by atoms with Gasteiger partial charge in [0.1, 0.15) is 0 Å². The van der Waals surface area contributed by atoms with Crippen molar-refractivity contribution in [1.29, 1.82) is 0 Å². The van der Waals surface area contributed by atoms with Crippen LogP contribution in [-0.4, -0.2) is 16.6 Å². The summed E-state index contributed by atoms with van der Waals surface area (Å²) in [6.45, 7) is 2.17. The summed E-state index contributed by atoms with van der Waals surface area (Å²) in [7, 11) is 1.89. The van der Waals surface area contributed by atoms with Gasteiger partial charge in [0.15, 0.2) is 0 Å². The van der Waals surface area contributed by atoms with Crippen molar-refractivity contribution in [2.45, 2.75) is 13.0 Å². The second-order valence-corrected chi connectivity index (χ2v) is 4.08. The smallest absolute Gasteiger partial charge is 0.203 e. The average Bonchev–Trinajstić information content (AvgIpc) is 2.87. The van der Waals surface area contributed by atoms with Crippen LogP contribution in [0.2, 0.25) is 0 Å². The normalized spacial score (nSPS) is 12.7. The topological polar surface area (TPSA) is 29.9 Å². The van der Waals surface area contributed by atoms with Gasteiger partial charge in [-0.3, -0.25) is 0 Å². The van der Waals surface area contributed by atoms with E-state index in [4.69, 9.17) is 0 Å². The first-order chi connectivity index (χ1) is 6.83. The summed E-state index contributed by atoms with van der Waals surface area (Å²) in [6.07, 6.45) is 3.81. The van der Waals surface area contributed by atoms with Crippen molar-refractivity contribution in [3.63, 3.8) is 0 Å². The van der Waals surface area contributed by atoms with Crippen LogP contribution >= 0.6 is 11.3 Å². The molecule has 0 aliphatic heterocycles. The van der Waals surface area contributed by atoms with Gasteiger partial charge in [0, 0.05) is 24.3 Å². The van der Waals surface area contributed by atoms with Crippen LogP contribution in [0.5, 0.6) is 0 Å². The minimum atomic E-state index is 0.347. The first kappa shape index (κ1) is 9.27. The minimum absolute atomic E-state index is 0.347. The highest BCUT2D eigenvalue weighted by molar-refractivity contribution is 7.10. The van der Waals surface area contributed by atoms with Gasteiger partial charge in [-0.2, -0.15) is 0 Å². The van der Waals surface area contributed by atoms with Crippen molar-refractivity contribution in [3.05, 3.63) is 34.8 Å². The van der Waals surface area contributed by atoms with Crippen molar-refractivity contribution in [2.24, 2.45) is 0 Å². The number of thiophene rings is 1. The predicted molar refractivity (Wildman–Crippen MR) is 59.9 cm³/mol. The maximum Gasteiger partial charge on any atom is 0.203 e. The zero-order valence-corrected chi connectivity index (χ0v) is 9.08. The molecule has 0 amide bonds. The highest BCUT2D eigenvalue weighted by atomic mass is 32.1. The fourth-order valence-corrected chi connectivity index (χ4v) is 2.27. The Morgan fingerprint density at radius 3 is 3.07 bits per heavy atom. The quantitative estimate of drug-likeness (QED) is 0.838. The number of hydrogen-bond donors (Lipinski definition) is 1. The molecule has 0 spiro atoms. The van der Waals surface area contributed by atoms with Crippen molar-refractivity contribution in [3.8, 4) is 0 Å². The van der Waals surface area contributed by atoms with Gasteiger partial charge in [0.25, 0.3) is 0 Å². The summed E-state index contributed by atoms with van der Waals surface area (Å²) < 4.78 is 2.13. The van der Waals surface area contributed by atoms with Crippen molar-refractivity contribution in [2.75, 3.05) is 12.4 Å². The highest BCUT2D eigenvalue weighted by Crippen LogP contribution is 2.24. The third-order valence-electron chi connectivity index (χ3n) is 2.26. The van der Waals surface area contributed by atoms with Crippen LogP contribution in [0, 0.1) is 0 Å². The van der Waals surface area contributed by atoms with Gasteiger partial charge in [-0.25, -0.2) is 4.98 Å². The van der Waals surface area contributed by atoms with E-state index < -0.39 is 0 Å².